The molecule has 7 heteroatoms. The molecule has 0 amide bonds. The summed E-state index contributed by atoms with van der Waals surface area (Å²) in [6.07, 6.45) is 5.39. The van der Waals surface area contributed by atoms with Crippen molar-refractivity contribution in [2.45, 2.75) is 25.4 Å². The number of nitrogens with zero attached hydrogens (tertiary/aromatic N) is 3. The molecule has 2 saturated heterocycles. The van der Waals surface area contributed by atoms with Gasteiger partial charge in [-0.15, -0.1) is 0 Å². The molecule has 1 aromatic carbocycles. The summed E-state index contributed by atoms with van der Waals surface area (Å²) in [6.45, 7) is 5.97. The van der Waals surface area contributed by atoms with E-state index in [0.717, 1.165) is 58.8 Å². The summed E-state index contributed by atoms with van der Waals surface area (Å²) >= 11 is 0. The Morgan fingerprint density at radius 1 is 1.19 bits per heavy atom. The van der Waals surface area contributed by atoms with Crippen molar-refractivity contribution in [2.24, 2.45) is 0 Å². The van der Waals surface area contributed by atoms with Gasteiger partial charge in [0, 0.05) is 56.8 Å². The Labute approximate surface area is 159 Å². The smallest absolute Gasteiger partial charge is 0.290 e. The second-order valence-corrected chi connectivity index (χ2v) is 7.14. The molecule has 2 N–H and O–H groups in total. The normalized spacial score (nSPS) is 20.7. The van der Waals surface area contributed by atoms with E-state index in [1.807, 2.05) is 0 Å². The molecule has 3 heterocycles. The summed E-state index contributed by atoms with van der Waals surface area (Å²) in [5, 5.41) is 3.70. The zero-order chi connectivity index (χ0) is 18.5. The summed E-state index contributed by atoms with van der Waals surface area (Å²) in [6, 6.07) is 8.94. The van der Waals surface area contributed by atoms with Crippen LogP contribution < -0.4 is 20.7 Å². The van der Waals surface area contributed by atoms with Crippen molar-refractivity contribution in [2.75, 3.05) is 49.2 Å². The van der Waals surface area contributed by atoms with Crippen LogP contribution in [0.3, 0.4) is 0 Å². The number of nitrogens with one attached hydrogen (secondary N) is 2. The fraction of sp³-hybridized carbons (Fsp3) is 0.500. The predicted molar refractivity (Wildman–Crippen MR) is 106 cm³/mol. The Balaban J connectivity index is 1.40. The van der Waals surface area contributed by atoms with Crippen LogP contribution in [-0.4, -0.2) is 55.4 Å². The molecule has 0 aliphatic carbocycles. The number of aromatic amines is 1. The first-order valence-electron chi connectivity index (χ1n) is 9.74. The van der Waals surface area contributed by atoms with Crippen molar-refractivity contribution < 1.29 is 4.74 Å². The molecule has 1 aromatic heterocycles. The molecule has 1 atom stereocenters. The number of benzene rings is 1. The van der Waals surface area contributed by atoms with Gasteiger partial charge in [-0.2, -0.15) is 0 Å². The summed E-state index contributed by atoms with van der Waals surface area (Å²) in [5.74, 6) is 0.526. The second-order valence-electron chi connectivity index (χ2n) is 7.14. The minimum Gasteiger partial charge on any atom is -0.378 e. The van der Waals surface area contributed by atoms with Gasteiger partial charge in [-0.1, -0.05) is 18.2 Å². The van der Waals surface area contributed by atoms with Crippen molar-refractivity contribution in [3.8, 4) is 0 Å². The molecule has 4 rings (SSSR count). The molecule has 1 unspecified atom stereocenters. The Bertz CT molecular complexity index is 803. The average Bonchev–Trinajstić information content (AvgIpc) is 2.74. The molecule has 0 spiro atoms. The van der Waals surface area contributed by atoms with Crippen LogP contribution in [0.25, 0.3) is 0 Å². The third-order valence-corrected chi connectivity index (χ3v) is 5.33. The van der Waals surface area contributed by atoms with Crippen LogP contribution in [0.15, 0.2) is 41.5 Å². The van der Waals surface area contributed by atoms with Gasteiger partial charge in [0.1, 0.15) is 0 Å². The van der Waals surface area contributed by atoms with Gasteiger partial charge in [-0.3, -0.25) is 4.79 Å². The van der Waals surface area contributed by atoms with E-state index in [0.29, 0.717) is 11.9 Å². The van der Waals surface area contributed by atoms with Gasteiger partial charge in [0.05, 0.1) is 13.2 Å². The van der Waals surface area contributed by atoms with Gasteiger partial charge in [0.25, 0.3) is 5.56 Å². The Hall–Kier alpha value is -2.38. The molecular formula is C20H27N5O2. The zero-order valence-corrected chi connectivity index (χ0v) is 15.6. The first kappa shape index (κ1) is 18.0. The van der Waals surface area contributed by atoms with Crippen LogP contribution in [0.4, 0.5) is 11.5 Å². The lowest BCUT2D eigenvalue weighted by Crippen LogP contribution is -2.47. The number of hydrogen-bond donors (Lipinski definition) is 2. The number of morpholine rings is 1. The Kier molecular flexibility index (Phi) is 5.69. The first-order valence-corrected chi connectivity index (χ1v) is 9.74. The summed E-state index contributed by atoms with van der Waals surface area (Å²) < 4.78 is 5.48. The van der Waals surface area contributed by atoms with Crippen molar-refractivity contribution in [1.29, 1.82) is 0 Å². The summed E-state index contributed by atoms with van der Waals surface area (Å²) in [5.41, 5.74) is 2.49. The second kappa shape index (κ2) is 8.54. The van der Waals surface area contributed by atoms with E-state index in [9.17, 15) is 4.79 Å². The van der Waals surface area contributed by atoms with Crippen LogP contribution >= 0.6 is 0 Å². The molecule has 2 aliphatic heterocycles. The molecule has 144 valence electrons. The highest BCUT2D eigenvalue weighted by Gasteiger charge is 2.23. The van der Waals surface area contributed by atoms with Gasteiger partial charge < -0.3 is 24.8 Å². The van der Waals surface area contributed by atoms with Gasteiger partial charge in [-0.25, -0.2) is 4.98 Å². The van der Waals surface area contributed by atoms with E-state index < -0.39 is 0 Å². The van der Waals surface area contributed by atoms with Crippen LogP contribution in [-0.2, 0) is 11.3 Å². The predicted octanol–water partition coefficient (Wildman–Crippen LogP) is 1.37. The van der Waals surface area contributed by atoms with Crippen LogP contribution in [0, 0.1) is 0 Å². The number of ether oxygens (including phenoxy) is 1. The standard InChI is InChI=1S/C20H27N5O2/c26-20-19(21-7-8-22-20)25-9-3-5-17(15-25)23-14-16-4-1-2-6-18(16)24-10-12-27-13-11-24/h1-2,4,6-8,17,23H,3,5,9-15H2,(H,22,26). The molecule has 27 heavy (non-hydrogen) atoms. The topological polar surface area (TPSA) is 73.5 Å². The molecule has 0 radical (unpaired) electrons. The number of anilines is 2. The van der Waals surface area contributed by atoms with E-state index in [-0.39, 0.29) is 5.56 Å². The molecular weight excluding hydrogens is 342 g/mol. The van der Waals surface area contributed by atoms with Gasteiger partial charge in [0.15, 0.2) is 5.82 Å². The fourth-order valence-electron chi connectivity index (χ4n) is 3.93. The fourth-order valence-corrected chi connectivity index (χ4v) is 3.93. The third kappa shape index (κ3) is 4.31. The molecule has 7 nitrogen and oxygen atoms in total. The van der Waals surface area contributed by atoms with Gasteiger partial charge in [0.2, 0.25) is 0 Å². The van der Waals surface area contributed by atoms with Gasteiger partial charge >= 0.3 is 0 Å². The lowest BCUT2D eigenvalue weighted by molar-refractivity contribution is 0.122. The number of H-pyrrole nitrogens is 1. The van der Waals surface area contributed by atoms with Crippen LogP contribution in [0.5, 0.6) is 0 Å². The minimum absolute atomic E-state index is 0.115. The largest absolute Gasteiger partial charge is 0.378 e. The molecule has 0 saturated carbocycles. The van der Waals surface area contributed by atoms with E-state index in [1.165, 1.54) is 11.3 Å². The first-order chi connectivity index (χ1) is 13.3. The molecule has 2 aliphatic rings. The van der Waals surface area contributed by atoms with Crippen molar-refractivity contribution in [3.63, 3.8) is 0 Å². The highest BCUT2D eigenvalue weighted by Crippen LogP contribution is 2.22. The number of hydrogen-bond acceptors (Lipinski definition) is 6. The number of para-hydroxylation sites is 1. The summed E-state index contributed by atoms with van der Waals surface area (Å²) in [4.78, 5) is 23.5. The highest BCUT2D eigenvalue weighted by molar-refractivity contribution is 5.54. The lowest BCUT2D eigenvalue weighted by Gasteiger charge is -2.34. The van der Waals surface area contributed by atoms with E-state index in [4.69, 9.17) is 4.74 Å². The quantitative estimate of drug-likeness (QED) is 0.829. The summed E-state index contributed by atoms with van der Waals surface area (Å²) in [7, 11) is 0. The van der Waals surface area contributed by atoms with Gasteiger partial charge in [-0.05, 0) is 24.5 Å². The monoisotopic (exact) mass is 369 g/mol. The molecule has 2 fully saturated rings. The van der Waals surface area contributed by atoms with Crippen LogP contribution in [0.1, 0.15) is 18.4 Å². The highest BCUT2D eigenvalue weighted by atomic mass is 16.5. The lowest BCUT2D eigenvalue weighted by atomic mass is 10.0. The van der Waals surface area contributed by atoms with E-state index in [1.54, 1.807) is 12.4 Å². The number of aromatic nitrogens is 2. The van der Waals surface area contributed by atoms with Crippen molar-refractivity contribution in [1.82, 2.24) is 15.3 Å². The molecule has 2 aromatic rings. The van der Waals surface area contributed by atoms with E-state index in [2.05, 4.69) is 49.4 Å². The maximum Gasteiger partial charge on any atom is 0.290 e. The number of rotatable bonds is 5. The van der Waals surface area contributed by atoms with Crippen molar-refractivity contribution >= 4 is 11.5 Å². The van der Waals surface area contributed by atoms with Crippen molar-refractivity contribution in [3.05, 3.63) is 52.6 Å². The third-order valence-electron chi connectivity index (χ3n) is 5.33. The maximum atomic E-state index is 12.0. The maximum absolute atomic E-state index is 12.0. The SMILES string of the molecule is O=c1[nH]ccnc1N1CCCC(NCc2ccccc2N2CCOCC2)C1. The zero-order valence-electron chi connectivity index (χ0n) is 15.6. The molecule has 0 bridgehead atoms. The Morgan fingerprint density at radius 3 is 2.89 bits per heavy atom. The Morgan fingerprint density at radius 2 is 2.04 bits per heavy atom. The van der Waals surface area contributed by atoms with E-state index >= 15 is 0 Å². The average molecular weight is 369 g/mol. The minimum atomic E-state index is -0.115. The van der Waals surface area contributed by atoms with Crippen LogP contribution in [0.2, 0.25) is 0 Å². The number of piperidine rings is 1.